The number of aromatic nitrogens is 2. The Bertz CT molecular complexity index is 768. The number of hydrogen-bond acceptors (Lipinski definition) is 2. The smallest absolute Gasteiger partial charge is 0.212 e. The molecule has 0 radical (unpaired) electrons. The second-order valence-electron chi connectivity index (χ2n) is 4.66. The van der Waals surface area contributed by atoms with Crippen LogP contribution in [-0.2, 0) is 0 Å². The second-order valence-corrected chi connectivity index (χ2v) is 5.93. The first-order chi connectivity index (χ1) is 10.1. The molecule has 0 unspecified atom stereocenters. The molecule has 0 aliphatic carbocycles. The van der Waals surface area contributed by atoms with Crippen molar-refractivity contribution in [1.82, 2.24) is 9.55 Å². The van der Waals surface area contributed by atoms with Gasteiger partial charge in [0.05, 0.1) is 5.69 Å². The summed E-state index contributed by atoms with van der Waals surface area (Å²) in [5.74, 6) is 0.738. The van der Waals surface area contributed by atoms with E-state index in [-0.39, 0.29) is 0 Å². The summed E-state index contributed by atoms with van der Waals surface area (Å²) >= 11 is 9.83. The van der Waals surface area contributed by atoms with Gasteiger partial charge in [0, 0.05) is 27.6 Å². The van der Waals surface area contributed by atoms with Gasteiger partial charge in [0.15, 0.2) is 0 Å². The molecule has 21 heavy (non-hydrogen) atoms. The van der Waals surface area contributed by atoms with Gasteiger partial charge in [-0.3, -0.25) is 4.57 Å². The van der Waals surface area contributed by atoms with Crippen molar-refractivity contribution < 1.29 is 0 Å². The summed E-state index contributed by atoms with van der Waals surface area (Å²) in [5, 5.41) is 4.03. The minimum Gasteiger partial charge on any atom is -0.325 e. The minimum atomic E-state index is 0.729. The molecule has 1 N–H and O–H groups in total. The first kappa shape index (κ1) is 14.2. The fourth-order valence-corrected chi connectivity index (χ4v) is 2.87. The van der Waals surface area contributed by atoms with Crippen molar-refractivity contribution in [2.24, 2.45) is 0 Å². The third-order valence-corrected chi connectivity index (χ3v) is 4.20. The fraction of sp³-hybridized carbons (Fsp3) is 0.0625. The van der Waals surface area contributed by atoms with Crippen LogP contribution < -0.4 is 5.32 Å². The predicted octanol–water partition coefficient (Wildman–Crippen LogP) is 5.34. The highest BCUT2D eigenvalue weighted by atomic mass is 79.9. The lowest BCUT2D eigenvalue weighted by Crippen LogP contribution is -2.02. The Morgan fingerprint density at radius 1 is 1.19 bits per heavy atom. The van der Waals surface area contributed by atoms with Crippen molar-refractivity contribution in [2.45, 2.75) is 6.92 Å². The number of hydrogen-bond donors (Lipinski definition) is 1. The van der Waals surface area contributed by atoms with Gasteiger partial charge in [0.2, 0.25) is 5.95 Å². The van der Waals surface area contributed by atoms with Crippen LogP contribution in [0.2, 0.25) is 5.02 Å². The highest BCUT2D eigenvalue weighted by Gasteiger charge is 2.10. The molecule has 0 atom stereocenters. The molecule has 3 aromatic rings. The van der Waals surface area contributed by atoms with E-state index in [1.807, 2.05) is 60.2 Å². The molecule has 0 aliphatic heterocycles. The standard InChI is InChI=1S/C16H13BrClN3/c1-11-9-13(17)15(10-14(11)18)21-8-7-19-16(21)20-12-5-3-2-4-6-12/h2-10H,1H3,(H,19,20). The Balaban J connectivity index is 2.01. The molecular weight excluding hydrogens is 350 g/mol. The van der Waals surface area contributed by atoms with Gasteiger partial charge in [-0.15, -0.1) is 0 Å². The van der Waals surface area contributed by atoms with Gasteiger partial charge in [-0.2, -0.15) is 0 Å². The highest BCUT2D eigenvalue weighted by Crippen LogP contribution is 2.30. The number of nitrogens with one attached hydrogen (secondary N) is 1. The number of rotatable bonds is 3. The molecule has 0 saturated heterocycles. The SMILES string of the molecule is Cc1cc(Br)c(-n2ccnc2Nc2ccccc2)cc1Cl. The van der Waals surface area contributed by atoms with Crippen LogP contribution in [0.25, 0.3) is 5.69 Å². The van der Waals surface area contributed by atoms with Crippen molar-refractivity contribution in [3.63, 3.8) is 0 Å². The van der Waals surface area contributed by atoms with Crippen LogP contribution in [0, 0.1) is 6.92 Å². The number of imidazole rings is 1. The Kier molecular flexibility index (Phi) is 3.99. The lowest BCUT2D eigenvalue weighted by Gasteiger charge is -2.13. The van der Waals surface area contributed by atoms with Gasteiger partial charge in [0.25, 0.3) is 0 Å². The van der Waals surface area contributed by atoms with Crippen LogP contribution in [0.15, 0.2) is 59.3 Å². The average molecular weight is 363 g/mol. The van der Waals surface area contributed by atoms with Crippen LogP contribution in [0.1, 0.15) is 5.56 Å². The predicted molar refractivity (Wildman–Crippen MR) is 90.7 cm³/mol. The van der Waals surface area contributed by atoms with Crippen LogP contribution in [0.3, 0.4) is 0 Å². The Morgan fingerprint density at radius 3 is 2.71 bits per heavy atom. The summed E-state index contributed by atoms with van der Waals surface area (Å²) in [6.07, 6.45) is 3.66. The van der Waals surface area contributed by atoms with E-state index in [4.69, 9.17) is 11.6 Å². The zero-order chi connectivity index (χ0) is 14.8. The van der Waals surface area contributed by atoms with Crippen molar-refractivity contribution in [3.8, 4) is 5.69 Å². The van der Waals surface area contributed by atoms with E-state index in [0.717, 1.165) is 32.4 Å². The summed E-state index contributed by atoms with van der Waals surface area (Å²) in [6.45, 7) is 1.98. The maximum Gasteiger partial charge on any atom is 0.212 e. The largest absolute Gasteiger partial charge is 0.325 e. The van der Waals surface area contributed by atoms with Gasteiger partial charge in [-0.1, -0.05) is 29.8 Å². The number of anilines is 2. The molecule has 0 amide bonds. The maximum atomic E-state index is 6.24. The topological polar surface area (TPSA) is 29.9 Å². The van der Waals surface area contributed by atoms with E-state index in [0.29, 0.717) is 0 Å². The van der Waals surface area contributed by atoms with E-state index < -0.39 is 0 Å². The molecule has 3 rings (SSSR count). The van der Waals surface area contributed by atoms with Gasteiger partial charge in [-0.25, -0.2) is 4.98 Å². The molecule has 5 heteroatoms. The van der Waals surface area contributed by atoms with Crippen molar-refractivity contribution in [2.75, 3.05) is 5.32 Å². The van der Waals surface area contributed by atoms with E-state index in [2.05, 4.69) is 26.2 Å². The normalized spacial score (nSPS) is 10.6. The van der Waals surface area contributed by atoms with Crippen LogP contribution in [0.4, 0.5) is 11.6 Å². The van der Waals surface area contributed by atoms with E-state index in [1.54, 1.807) is 6.20 Å². The molecule has 1 aromatic heterocycles. The summed E-state index contributed by atoms with van der Waals surface area (Å²) in [6, 6.07) is 13.9. The van der Waals surface area contributed by atoms with Gasteiger partial charge in [0.1, 0.15) is 0 Å². The zero-order valence-electron chi connectivity index (χ0n) is 11.3. The second kappa shape index (κ2) is 5.92. The van der Waals surface area contributed by atoms with Crippen molar-refractivity contribution in [3.05, 3.63) is 69.9 Å². The molecule has 0 spiro atoms. The zero-order valence-corrected chi connectivity index (χ0v) is 13.7. The molecular formula is C16H13BrClN3. The van der Waals surface area contributed by atoms with Crippen molar-refractivity contribution >= 4 is 39.2 Å². The lowest BCUT2D eigenvalue weighted by atomic mass is 10.2. The first-order valence-electron chi connectivity index (χ1n) is 6.46. The Hall–Kier alpha value is -1.78. The third kappa shape index (κ3) is 2.96. The van der Waals surface area contributed by atoms with E-state index in [1.165, 1.54) is 0 Å². The third-order valence-electron chi connectivity index (χ3n) is 3.16. The van der Waals surface area contributed by atoms with E-state index in [9.17, 15) is 0 Å². The number of nitrogens with zero attached hydrogens (tertiary/aromatic N) is 2. The maximum absolute atomic E-state index is 6.24. The first-order valence-corrected chi connectivity index (χ1v) is 7.63. The molecule has 0 aliphatic rings. The molecule has 2 aromatic carbocycles. The molecule has 0 fully saturated rings. The number of aryl methyl sites for hydroxylation is 1. The number of benzene rings is 2. The van der Waals surface area contributed by atoms with Crippen LogP contribution in [0.5, 0.6) is 0 Å². The Labute approximate surface area is 136 Å². The molecule has 0 bridgehead atoms. The van der Waals surface area contributed by atoms with Gasteiger partial charge < -0.3 is 5.32 Å². The number of para-hydroxylation sites is 1. The molecule has 0 saturated carbocycles. The molecule has 3 nitrogen and oxygen atoms in total. The fourth-order valence-electron chi connectivity index (χ4n) is 2.06. The summed E-state index contributed by atoms with van der Waals surface area (Å²) in [4.78, 5) is 4.37. The van der Waals surface area contributed by atoms with Gasteiger partial charge >= 0.3 is 0 Å². The van der Waals surface area contributed by atoms with Crippen molar-refractivity contribution in [1.29, 1.82) is 0 Å². The van der Waals surface area contributed by atoms with Crippen LogP contribution in [-0.4, -0.2) is 9.55 Å². The summed E-state index contributed by atoms with van der Waals surface area (Å²) in [5.41, 5.74) is 2.96. The van der Waals surface area contributed by atoms with Crippen LogP contribution >= 0.6 is 27.5 Å². The molecule has 1 heterocycles. The Morgan fingerprint density at radius 2 is 1.95 bits per heavy atom. The van der Waals surface area contributed by atoms with E-state index >= 15 is 0 Å². The average Bonchev–Trinajstić information content (AvgIpc) is 2.92. The molecule has 106 valence electrons. The highest BCUT2D eigenvalue weighted by molar-refractivity contribution is 9.10. The quantitative estimate of drug-likeness (QED) is 0.681. The number of halogens is 2. The summed E-state index contributed by atoms with van der Waals surface area (Å²) < 4.78 is 2.93. The summed E-state index contributed by atoms with van der Waals surface area (Å²) in [7, 11) is 0. The van der Waals surface area contributed by atoms with Gasteiger partial charge in [-0.05, 0) is 52.7 Å². The minimum absolute atomic E-state index is 0.729. The monoisotopic (exact) mass is 361 g/mol. The lowest BCUT2D eigenvalue weighted by molar-refractivity contribution is 1.05.